The minimum atomic E-state index is -0.537. The Balaban J connectivity index is 3.25. The Labute approximate surface area is 84.7 Å². The number of aryl methyl sites for hydroxylation is 1. The first-order chi connectivity index (χ1) is 6.07. The maximum absolute atomic E-state index is 13.1. The summed E-state index contributed by atoms with van der Waals surface area (Å²) in [6.45, 7) is 1.64. The Morgan fingerprint density at radius 3 is 2.77 bits per heavy atom. The lowest BCUT2D eigenvalue weighted by atomic mass is 10.0. The van der Waals surface area contributed by atoms with Crippen molar-refractivity contribution in [3.63, 3.8) is 0 Å². The van der Waals surface area contributed by atoms with Gasteiger partial charge in [0.15, 0.2) is 0 Å². The zero-order chi connectivity index (χ0) is 10.0. The van der Waals surface area contributed by atoms with E-state index in [1.54, 1.807) is 6.07 Å². The normalized spacial score (nSPS) is 13.0. The molecule has 3 N–H and O–H groups in total. The van der Waals surface area contributed by atoms with Crippen LogP contribution in [0, 0.1) is 12.7 Å². The zero-order valence-corrected chi connectivity index (χ0v) is 8.81. The Kier molecular flexibility index (Phi) is 3.41. The van der Waals surface area contributed by atoms with Gasteiger partial charge in [0.1, 0.15) is 5.82 Å². The number of aliphatic hydroxyl groups is 1. The highest BCUT2D eigenvalue weighted by molar-refractivity contribution is 9.10. The van der Waals surface area contributed by atoms with Gasteiger partial charge in [0.05, 0.1) is 17.1 Å². The molecule has 1 rings (SSSR count). The predicted molar refractivity (Wildman–Crippen MR) is 52.9 cm³/mol. The minimum absolute atomic E-state index is 0.192. The number of rotatable bonds is 2. The van der Waals surface area contributed by atoms with Crippen LogP contribution in [0.15, 0.2) is 16.6 Å². The summed E-state index contributed by atoms with van der Waals surface area (Å²) in [6.07, 6.45) is 0. The summed E-state index contributed by atoms with van der Waals surface area (Å²) < 4.78 is 13.4. The van der Waals surface area contributed by atoms with Crippen molar-refractivity contribution < 1.29 is 9.50 Å². The number of benzene rings is 1. The van der Waals surface area contributed by atoms with E-state index in [2.05, 4.69) is 15.9 Å². The number of nitrogens with two attached hydrogens (primary N) is 1. The topological polar surface area (TPSA) is 46.2 Å². The maximum atomic E-state index is 13.1. The average molecular weight is 248 g/mol. The Morgan fingerprint density at radius 2 is 2.23 bits per heavy atom. The van der Waals surface area contributed by atoms with E-state index in [0.717, 1.165) is 5.56 Å². The first-order valence-corrected chi connectivity index (χ1v) is 4.68. The molecule has 0 aliphatic carbocycles. The predicted octanol–water partition coefficient (Wildman–Crippen LogP) is 1.89. The molecule has 0 saturated carbocycles. The molecule has 13 heavy (non-hydrogen) atoms. The van der Waals surface area contributed by atoms with Crippen molar-refractivity contribution in [3.8, 4) is 0 Å². The zero-order valence-electron chi connectivity index (χ0n) is 7.22. The lowest BCUT2D eigenvalue weighted by molar-refractivity contribution is 0.267. The molecule has 0 aliphatic heterocycles. The van der Waals surface area contributed by atoms with Crippen molar-refractivity contribution in [3.05, 3.63) is 33.5 Å². The van der Waals surface area contributed by atoms with Crippen LogP contribution in [-0.2, 0) is 0 Å². The van der Waals surface area contributed by atoms with Crippen LogP contribution in [0.3, 0.4) is 0 Å². The van der Waals surface area contributed by atoms with Crippen LogP contribution in [-0.4, -0.2) is 11.7 Å². The van der Waals surface area contributed by atoms with Gasteiger partial charge in [0, 0.05) is 0 Å². The number of halogens is 2. The van der Waals surface area contributed by atoms with E-state index in [9.17, 15) is 4.39 Å². The molecular formula is C9H11BrFNO. The highest BCUT2D eigenvalue weighted by atomic mass is 79.9. The highest BCUT2D eigenvalue weighted by Crippen LogP contribution is 2.27. The van der Waals surface area contributed by atoms with Gasteiger partial charge in [-0.05, 0) is 40.0 Å². The minimum Gasteiger partial charge on any atom is -0.394 e. The van der Waals surface area contributed by atoms with E-state index in [4.69, 9.17) is 10.8 Å². The molecule has 0 radical (unpaired) electrons. The number of hydrogen-bond acceptors (Lipinski definition) is 2. The number of hydrogen-bond donors (Lipinski definition) is 2. The van der Waals surface area contributed by atoms with Crippen LogP contribution in [0.5, 0.6) is 0 Å². The third-order valence-electron chi connectivity index (χ3n) is 1.92. The largest absolute Gasteiger partial charge is 0.394 e. The van der Waals surface area contributed by atoms with Gasteiger partial charge in [0.25, 0.3) is 0 Å². The fourth-order valence-corrected chi connectivity index (χ4v) is 1.95. The highest BCUT2D eigenvalue weighted by Gasteiger charge is 2.14. The molecule has 1 unspecified atom stereocenters. The second kappa shape index (κ2) is 4.17. The number of aliphatic hydroxyl groups excluding tert-OH is 1. The molecule has 4 heteroatoms. The van der Waals surface area contributed by atoms with E-state index in [0.29, 0.717) is 10.0 Å². The van der Waals surface area contributed by atoms with E-state index < -0.39 is 6.04 Å². The Bertz CT molecular complexity index is 317. The van der Waals surface area contributed by atoms with Gasteiger partial charge >= 0.3 is 0 Å². The molecule has 1 aromatic carbocycles. The van der Waals surface area contributed by atoms with Gasteiger partial charge in [-0.3, -0.25) is 0 Å². The fourth-order valence-electron chi connectivity index (χ4n) is 1.21. The van der Waals surface area contributed by atoms with E-state index in [-0.39, 0.29) is 12.4 Å². The van der Waals surface area contributed by atoms with Crippen molar-refractivity contribution in [1.82, 2.24) is 0 Å². The summed E-state index contributed by atoms with van der Waals surface area (Å²) in [5.41, 5.74) is 7.12. The van der Waals surface area contributed by atoms with Crippen LogP contribution in [0.4, 0.5) is 4.39 Å². The Morgan fingerprint density at radius 1 is 1.62 bits per heavy atom. The lowest BCUT2D eigenvalue weighted by Crippen LogP contribution is -2.16. The summed E-state index contributed by atoms with van der Waals surface area (Å²) in [4.78, 5) is 0. The summed E-state index contributed by atoms with van der Waals surface area (Å²) in [6, 6.07) is 2.47. The molecule has 0 spiro atoms. The molecule has 0 bridgehead atoms. The van der Waals surface area contributed by atoms with Crippen molar-refractivity contribution in [1.29, 1.82) is 0 Å². The Hall–Kier alpha value is -0.450. The van der Waals surface area contributed by atoms with Crippen molar-refractivity contribution in [2.45, 2.75) is 13.0 Å². The molecule has 1 atom stereocenters. The SMILES string of the molecule is Cc1ccc(F)c(Br)c1C(N)CO. The lowest BCUT2D eigenvalue weighted by Gasteiger charge is -2.14. The molecule has 1 aromatic rings. The van der Waals surface area contributed by atoms with E-state index in [1.807, 2.05) is 6.92 Å². The molecule has 0 fully saturated rings. The summed E-state index contributed by atoms with van der Waals surface area (Å²) in [5, 5.41) is 8.86. The molecule has 0 heterocycles. The quantitative estimate of drug-likeness (QED) is 0.839. The van der Waals surface area contributed by atoms with Crippen molar-refractivity contribution in [2.24, 2.45) is 5.73 Å². The van der Waals surface area contributed by atoms with Gasteiger partial charge in [-0.15, -0.1) is 0 Å². The van der Waals surface area contributed by atoms with Crippen LogP contribution < -0.4 is 5.73 Å². The van der Waals surface area contributed by atoms with Crippen LogP contribution in [0.25, 0.3) is 0 Å². The molecule has 2 nitrogen and oxygen atoms in total. The summed E-state index contributed by atoms with van der Waals surface area (Å²) >= 11 is 3.11. The first kappa shape index (κ1) is 10.6. The summed E-state index contributed by atoms with van der Waals surface area (Å²) in [5.74, 6) is -0.357. The van der Waals surface area contributed by atoms with E-state index in [1.165, 1.54) is 6.07 Å². The molecule has 0 saturated heterocycles. The fraction of sp³-hybridized carbons (Fsp3) is 0.333. The van der Waals surface area contributed by atoms with Gasteiger partial charge < -0.3 is 10.8 Å². The second-order valence-electron chi connectivity index (χ2n) is 2.88. The molecule has 0 aliphatic rings. The molecule has 0 amide bonds. The van der Waals surface area contributed by atoms with Gasteiger partial charge in [-0.2, -0.15) is 0 Å². The van der Waals surface area contributed by atoms with Gasteiger partial charge in [-0.1, -0.05) is 6.07 Å². The van der Waals surface area contributed by atoms with Gasteiger partial charge in [-0.25, -0.2) is 4.39 Å². The average Bonchev–Trinajstić information content (AvgIpc) is 2.12. The van der Waals surface area contributed by atoms with Crippen molar-refractivity contribution >= 4 is 15.9 Å². The molecule has 0 aromatic heterocycles. The standard InChI is InChI=1S/C9H11BrFNO/c1-5-2-3-6(11)9(10)8(5)7(12)4-13/h2-3,7,13H,4,12H2,1H3. The maximum Gasteiger partial charge on any atom is 0.137 e. The molecule has 72 valence electrons. The van der Waals surface area contributed by atoms with E-state index >= 15 is 0 Å². The third-order valence-corrected chi connectivity index (χ3v) is 2.72. The monoisotopic (exact) mass is 247 g/mol. The first-order valence-electron chi connectivity index (χ1n) is 3.89. The van der Waals surface area contributed by atoms with Crippen LogP contribution in [0.1, 0.15) is 17.2 Å². The van der Waals surface area contributed by atoms with Crippen LogP contribution in [0.2, 0.25) is 0 Å². The van der Waals surface area contributed by atoms with Crippen LogP contribution >= 0.6 is 15.9 Å². The van der Waals surface area contributed by atoms with Crippen molar-refractivity contribution in [2.75, 3.05) is 6.61 Å². The third kappa shape index (κ3) is 2.07. The van der Waals surface area contributed by atoms with Gasteiger partial charge in [0.2, 0.25) is 0 Å². The molecular weight excluding hydrogens is 237 g/mol. The smallest absolute Gasteiger partial charge is 0.137 e. The summed E-state index contributed by atoms with van der Waals surface area (Å²) in [7, 11) is 0. The second-order valence-corrected chi connectivity index (χ2v) is 3.67.